The summed E-state index contributed by atoms with van der Waals surface area (Å²) in [5, 5.41) is 0. The molecule has 6 nitrogen and oxygen atoms in total. The highest BCUT2D eigenvalue weighted by Crippen LogP contribution is 2.24. The number of nitrogens with one attached hydrogen (secondary N) is 2. The SMILES string of the molecule is CC(C)NS(=O)(=O)Nc1ccccc1OCC(N)=S. The number of hydrogen-bond donors (Lipinski definition) is 3. The number of para-hydroxylation sites is 2. The van der Waals surface area contributed by atoms with Gasteiger partial charge in [-0.25, -0.2) is 0 Å². The summed E-state index contributed by atoms with van der Waals surface area (Å²) in [6.07, 6.45) is 0. The Labute approximate surface area is 118 Å². The third-order valence-electron chi connectivity index (χ3n) is 1.89. The number of ether oxygens (including phenoxy) is 1. The fraction of sp³-hybridized carbons (Fsp3) is 0.364. The highest BCUT2D eigenvalue weighted by Gasteiger charge is 2.14. The first kappa shape index (κ1) is 15.7. The molecule has 0 atom stereocenters. The van der Waals surface area contributed by atoms with Crippen molar-refractivity contribution in [3.8, 4) is 5.75 Å². The Balaban J connectivity index is 2.86. The Bertz CT molecular complexity index is 544. The van der Waals surface area contributed by atoms with Crippen molar-refractivity contribution in [1.82, 2.24) is 4.72 Å². The van der Waals surface area contributed by atoms with Crippen molar-refractivity contribution in [3.63, 3.8) is 0 Å². The van der Waals surface area contributed by atoms with Crippen molar-refractivity contribution in [3.05, 3.63) is 24.3 Å². The maximum Gasteiger partial charge on any atom is 0.299 e. The second kappa shape index (κ2) is 6.69. The monoisotopic (exact) mass is 303 g/mol. The molecule has 19 heavy (non-hydrogen) atoms. The molecule has 0 heterocycles. The van der Waals surface area contributed by atoms with Gasteiger partial charge in [0.15, 0.2) is 0 Å². The van der Waals surface area contributed by atoms with Crippen molar-refractivity contribution in [1.29, 1.82) is 0 Å². The molecule has 1 aromatic rings. The molecule has 0 aromatic heterocycles. The molecule has 0 radical (unpaired) electrons. The average Bonchev–Trinajstić information content (AvgIpc) is 2.25. The van der Waals surface area contributed by atoms with E-state index in [0.29, 0.717) is 11.4 Å². The summed E-state index contributed by atoms with van der Waals surface area (Å²) >= 11 is 4.71. The van der Waals surface area contributed by atoms with Gasteiger partial charge in [0.1, 0.15) is 17.3 Å². The van der Waals surface area contributed by atoms with Gasteiger partial charge in [-0.15, -0.1) is 0 Å². The molecule has 0 spiro atoms. The number of hydrogen-bond acceptors (Lipinski definition) is 4. The van der Waals surface area contributed by atoms with Gasteiger partial charge in [-0.3, -0.25) is 4.72 Å². The minimum Gasteiger partial charge on any atom is -0.484 e. The Morgan fingerprint density at radius 1 is 1.42 bits per heavy atom. The predicted octanol–water partition coefficient (Wildman–Crippen LogP) is 1.01. The van der Waals surface area contributed by atoms with Crippen LogP contribution in [-0.4, -0.2) is 26.1 Å². The van der Waals surface area contributed by atoms with Crippen molar-refractivity contribution in [2.24, 2.45) is 5.73 Å². The summed E-state index contributed by atoms with van der Waals surface area (Å²) in [6.45, 7) is 3.51. The van der Waals surface area contributed by atoms with Crippen LogP contribution in [0.25, 0.3) is 0 Å². The summed E-state index contributed by atoms with van der Waals surface area (Å²) in [5.41, 5.74) is 5.66. The lowest BCUT2D eigenvalue weighted by Crippen LogP contribution is -2.35. The molecule has 0 fully saturated rings. The molecule has 0 unspecified atom stereocenters. The number of benzene rings is 1. The topological polar surface area (TPSA) is 93.5 Å². The third-order valence-corrected chi connectivity index (χ3v) is 3.28. The first-order valence-electron chi connectivity index (χ1n) is 5.60. The second-order valence-corrected chi connectivity index (χ2v) is 6.10. The zero-order valence-electron chi connectivity index (χ0n) is 10.7. The maximum absolute atomic E-state index is 11.8. The molecule has 1 aromatic carbocycles. The lowest BCUT2D eigenvalue weighted by Gasteiger charge is -2.14. The number of thiocarbonyl (C=S) groups is 1. The van der Waals surface area contributed by atoms with Crippen molar-refractivity contribution < 1.29 is 13.2 Å². The Kier molecular flexibility index (Phi) is 5.52. The van der Waals surface area contributed by atoms with Gasteiger partial charge in [-0.1, -0.05) is 24.4 Å². The Hall–Kier alpha value is -1.38. The van der Waals surface area contributed by atoms with E-state index in [1.54, 1.807) is 38.1 Å². The van der Waals surface area contributed by atoms with Crippen molar-refractivity contribution in [2.45, 2.75) is 19.9 Å². The first-order valence-corrected chi connectivity index (χ1v) is 7.49. The van der Waals surface area contributed by atoms with E-state index in [2.05, 4.69) is 9.44 Å². The molecule has 1 rings (SSSR count). The van der Waals surface area contributed by atoms with Crippen LogP contribution in [0.5, 0.6) is 5.75 Å². The molecule has 4 N–H and O–H groups in total. The van der Waals surface area contributed by atoms with Gasteiger partial charge in [0.05, 0.1) is 5.69 Å². The van der Waals surface area contributed by atoms with Crippen LogP contribution in [0.15, 0.2) is 24.3 Å². The van der Waals surface area contributed by atoms with E-state index in [9.17, 15) is 8.42 Å². The molecule has 0 amide bonds. The van der Waals surface area contributed by atoms with Gasteiger partial charge in [0.25, 0.3) is 10.2 Å². The first-order chi connectivity index (χ1) is 8.80. The molecule has 0 aliphatic heterocycles. The third kappa shape index (κ3) is 5.86. The number of anilines is 1. The minimum absolute atomic E-state index is 0.0473. The van der Waals surface area contributed by atoms with E-state index >= 15 is 0 Å². The van der Waals surface area contributed by atoms with Gasteiger partial charge in [0, 0.05) is 6.04 Å². The Morgan fingerprint density at radius 3 is 2.63 bits per heavy atom. The van der Waals surface area contributed by atoms with Crippen LogP contribution in [0.2, 0.25) is 0 Å². The minimum atomic E-state index is -3.64. The van der Waals surface area contributed by atoms with E-state index in [0.717, 1.165) is 0 Å². The standard InChI is InChI=1S/C11H17N3O3S2/c1-8(2)13-19(15,16)14-9-5-3-4-6-10(9)17-7-11(12)18/h3-6,8,13-14H,7H2,1-2H3,(H2,12,18). The molecule has 0 saturated carbocycles. The van der Waals surface area contributed by atoms with Crippen LogP contribution in [0.3, 0.4) is 0 Å². The van der Waals surface area contributed by atoms with E-state index in [1.807, 2.05) is 0 Å². The summed E-state index contributed by atoms with van der Waals surface area (Å²) in [5.74, 6) is 0.365. The molecule has 8 heteroatoms. The van der Waals surface area contributed by atoms with Crippen molar-refractivity contribution in [2.75, 3.05) is 11.3 Å². The lowest BCUT2D eigenvalue weighted by atomic mass is 10.3. The Morgan fingerprint density at radius 2 is 2.05 bits per heavy atom. The molecular formula is C11H17N3O3S2. The van der Waals surface area contributed by atoms with Crippen LogP contribution >= 0.6 is 12.2 Å². The van der Waals surface area contributed by atoms with Crippen molar-refractivity contribution >= 4 is 33.1 Å². The van der Waals surface area contributed by atoms with Gasteiger partial charge in [-0.05, 0) is 26.0 Å². The average molecular weight is 303 g/mol. The summed E-state index contributed by atoms with van der Waals surface area (Å²) in [6, 6.07) is 6.44. The molecule has 0 saturated heterocycles. The molecule has 0 aliphatic rings. The smallest absolute Gasteiger partial charge is 0.299 e. The molecule has 106 valence electrons. The van der Waals surface area contributed by atoms with Gasteiger partial charge < -0.3 is 10.5 Å². The summed E-state index contributed by atoms with van der Waals surface area (Å²) in [4.78, 5) is 0.193. The molecule has 0 aliphatic carbocycles. The quantitative estimate of drug-likeness (QED) is 0.654. The van der Waals surface area contributed by atoms with E-state index < -0.39 is 10.2 Å². The van der Waals surface area contributed by atoms with Crippen LogP contribution in [0, 0.1) is 0 Å². The van der Waals surface area contributed by atoms with Crippen LogP contribution in [0.4, 0.5) is 5.69 Å². The molecular weight excluding hydrogens is 286 g/mol. The zero-order valence-corrected chi connectivity index (χ0v) is 12.3. The van der Waals surface area contributed by atoms with Gasteiger partial charge >= 0.3 is 0 Å². The van der Waals surface area contributed by atoms with E-state index in [-0.39, 0.29) is 17.6 Å². The zero-order chi connectivity index (χ0) is 14.5. The van der Waals surface area contributed by atoms with E-state index in [1.165, 1.54) is 0 Å². The number of rotatable bonds is 7. The fourth-order valence-corrected chi connectivity index (χ4v) is 2.51. The normalized spacial score (nSPS) is 11.3. The van der Waals surface area contributed by atoms with Crippen LogP contribution in [0.1, 0.15) is 13.8 Å². The van der Waals surface area contributed by atoms with Gasteiger partial charge in [-0.2, -0.15) is 13.1 Å². The number of nitrogens with two attached hydrogens (primary N) is 1. The van der Waals surface area contributed by atoms with Crippen LogP contribution in [-0.2, 0) is 10.2 Å². The van der Waals surface area contributed by atoms with Gasteiger partial charge in [0.2, 0.25) is 0 Å². The summed E-state index contributed by atoms with van der Waals surface area (Å²) in [7, 11) is -3.64. The predicted molar refractivity (Wildman–Crippen MR) is 79.5 cm³/mol. The molecule has 0 bridgehead atoms. The largest absolute Gasteiger partial charge is 0.484 e. The maximum atomic E-state index is 11.8. The van der Waals surface area contributed by atoms with E-state index in [4.69, 9.17) is 22.7 Å². The van der Waals surface area contributed by atoms with Crippen LogP contribution < -0.4 is 19.9 Å². The highest BCUT2D eigenvalue weighted by molar-refractivity contribution is 7.90. The lowest BCUT2D eigenvalue weighted by molar-refractivity contribution is 0.379. The highest BCUT2D eigenvalue weighted by atomic mass is 32.2. The fourth-order valence-electron chi connectivity index (χ4n) is 1.31. The summed E-state index contributed by atoms with van der Waals surface area (Å²) < 4.78 is 33.7. The second-order valence-electron chi connectivity index (χ2n) is 4.13.